The summed E-state index contributed by atoms with van der Waals surface area (Å²) in [5.41, 5.74) is 9.50. The second-order valence-corrected chi connectivity index (χ2v) is 3.99. The minimum absolute atomic E-state index is 0.168. The Balaban J connectivity index is 2.37. The topological polar surface area (TPSA) is 48.1 Å². The zero-order valence-electron chi connectivity index (χ0n) is 10.1. The highest BCUT2D eigenvalue weighted by molar-refractivity contribution is 5.37. The van der Waals surface area contributed by atoms with E-state index in [0.29, 0.717) is 0 Å². The first kappa shape index (κ1) is 11.6. The largest absolute Gasteiger partial charge is 0.495 e. The summed E-state index contributed by atoms with van der Waals surface area (Å²) in [5, 5.41) is 0. The van der Waals surface area contributed by atoms with Crippen LogP contribution in [0.3, 0.4) is 0 Å². The number of hydrogen-bond acceptors (Lipinski definition) is 3. The number of benzene rings is 1. The van der Waals surface area contributed by atoms with Crippen LogP contribution in [0.1, 0.15) is 22.7 Å². The number of nitrogens with zero attached hydrogens (tertiary/aromatic N) is 1. The van der Waals surface area contributed by atoms with E-state index in [1.54, 1.807) is 19.5 Å². The molecule has 1 aromatic carbocycles. The number of hydrogen-bond donors (Lipinski definition) is 1. The van der Waals surface area contributed by atoms with E-state index in [0.717, 1.165) is 16.9 Å². The summed E-state index contributed by atoms with van der Waals surface area (Å²) < 4.78 is 5.15. The monoisotopic (exact) mass is 228 g/mol. The molecule has 0 saturated carbocycles. The average Bonchev–Trinajstić information content (AvgIpc) is 2.38. The molecule has 1 atom stereocenters. The van der Waals surface area contributed by atoms with Crippen molar-refractivity contribution in [2.45, 2.75) is 13.0 Å². The summed E-state index contributed by atoms with van der Waals surface area (Å²) >= 11 is 0. The van der Waals surface area contributed by atoms with Gasteiger partial charge in [-0.3, -0.25) is 4.98 Å². The highest BCUT2D eigenvalue weighted by Gasteiger charge is 2.11. The lowest BCUT2D eigenvalue weighted by Gasteiger charge is -2.15. The standard InChI is InChI=1S/C14H16N2O/c1-10-5-3-4-6-13(10)14(15)11-7-12(17-2)9-16-8-11/h3-9,14H,15H2,1-2H3. The van der Waals surface area contributed by atoms with Gasteiger partial charge in [-0.15, -0.1) is 0 Å². The first-order valence-corrected chi connectivity index (χ1v) is 5.52. The summed E-state index contributed by atoms with van der Waals surface area (Å²) in [4.78, 5) is 4.13. The van der Waals surface area contributed by atoms with Gasteiger partial charge in [-0.25, -0.2) is 0 Å². The molecule has 0 spiro atoms. The summed E-state index contributed by atoms with van der Waals surface area (Å²) in [7, 11) is 1.63. The fourth-order valence-electron chi connectivity index (χ4n) is 1.83. The molecule has 0 radical (unpaired) electrons. The van der Waals surface area contributed by atoms with E-state index >= 15 is 0 Å². The molecule has 0 aliphatic heterocycles. The number of aromatic nitrogens is 1. The van der Waals surface area contributed by atoms with Crippen LogP contribution in [0.2, 0.25) is 0 Å². The van der Waals surface area contributed by atoms with Crippen LogP contribution < -0.4 is 10.5 Å². The third-order valence-corrected chi connectivity index (χ3v) is 2.85. The number of aryl methyl sites for hydroxylation is 1. The molecule has 0 fully saturated rings. The van der Waals surface area contributed by atoms with Gasteiger partial charge in [-0.05, 0) is 29.7 Å². The van der Waals surface area contributed by atoms with E-state index in [1.807, 2.05) is 24.3 Å². The molecule has 3 nitrogen and oxygen atoms in total. The zero-order chi connectivity index (χ0) is 12.3. The maximum Gasteiger partial charge on any atom is 0.137 e. The molecule has 2 N–H and O–H groups in total. The van der Waals surface area contributed by atoms with E-state index in [2.05, 4.69) is 18.0 Å². The Kier molecular flexibility index (Phi) is 3.40. The highest BCUT2D eigenvalue weighted by atomic mass is 16.5. The van der Waals surface area contributed by atoms with Crippen molar-refractivity contribution in [2.24, 2.45) is 5.73 Å². The fraction of sp³-hybridized carbons (Fsp3) is 0.214. The molecule has 2 aromatic rings. The van der Waals surface area contributed by atoms with Crippen molar-refractivity contribution in [1.29, 1.82) is 0 Å². The van der Waals surface area contributed by atoms with Crippen molar-refractivity contribution in [1.82, 2.24) is 4.98 Å². The Labute approximate surface area is 101 Å². The molecule has 1 unspecified atom stereocenters. The summed E-state index contributed by atoms with van der Waals surface area (Å²) in [6, 6.07) is 9.86. The number of pyridine rings is 1. The maximum absolute atomic E-state index is 6.25. The van der Waals surface area contributed by atoms with Crippen LogP contribution in [0.4, 0.5) is 0 Å². The Hall–Kier alpha value is -1.87. The second-order valence-electron chi connectivity index (χ2n) is 3.99. The highest BCUT2D eigenvalue weighted by Crippen LogP contribution is 2.24. The number of methoxy groups -OCH3 is 1. The first-order chi connectivity index (χ1) is 8.22. The summed E-state index contributed by atoms with van der Waals surface area (Å²) in [6.45, 7) is 2.06. The molecule has 3 heteroatoms. The molecule has 0 aliphatic carbocycles. The molecule has 1 heterocycles. The predicted octanol–water partition coefficient (Wildman–Crippen LogP) is 2.45. The molecule has 17 heavy (non-hydrogen) atoms. The van der Waals surface area contributed by atoms with Gasteiger partial charge in [0.05, 0.1) is 19.3 Å². The molecule has 1 aromatic heterocycles. The minimum Gasteiger partial charge on any atom is -0.495 e. The van der Waals surface area contributed by atoms with Crippen molar-refractivity contribution in [3.63, 3.8) is 0 Å². The summed E-state index contributed by atoms with van der Waals surface area (Å²) in [5.74, 6) is 0.728. The van der Waals surface area contributed by atoms with Crippen molar-refractivity contribution in [3.05, 3.63) is 59.4 Å². The predicted molar refractivity (Wildman–Crippen MR) is 68.0 cm³/mol. The normalized spacial score (nSPS) is 12.2. The van der Waals surface area contributed by atoms with E-state index in [1.165, 1.54) is 5.56 Å². The van der Waals surface area contributed by atoms with Crippen molar-refractivity contribution in [3.8, 4) is 5.75 Å². The van der Waals surface area contributed by atoms with Crippen molar-refractivity contribution < 1.29 is 4.74 Å². The molecule has 0 aliphatic rings. The van der Waals surface area contributed by atoms with E-state index in [-0.39, 0.29) is 6.04 Å². The Morgan fingerprint density at radius 2 is 2.00 bits per heavy atom. The summed E-state index contributed by atoms with van der Waals surface area (Å²) in [6.07, 6.45) is 3.45. The smallest absolute Gasteiger partial charge is 0.137 e. The zero-order valence-corrected chi connectivity index (χ0v) is 10.1. The van der Waals surface area contributed by atoms with Crippen molar-refractivity contribution >= 4 is 0 Å². The van der Waals surface area contributed by atoms with Gasteiger partial charge in [-0.2, -0.15) is 0 Å². The average molecular weight is 228 g/mol. The minimum atomic E-state index is -0.168. The van der Waals surface area contributed by atoms with Gasteiger partial charge < -0.3 is 10.5 Å². The van der Waals surface area contributed by atoms with Gasteiger partial charge in [0.15, 0.2) is 0 Å². The Morgan fingerprint density at radius 1 is 1.24 bits per heavy atom. The second kappa shape index (κ2) is 4.97. The number of ether oxygens (including phenoxy) is 1. The van der Waals surface area contributed by atoms with Gasteiger partial charge in [-0.1, -0.05) is 24.3 Å². The quantitative estimate of drug-likeness (QED) is 0.877. The van der Waals surface area contributed by atoms with Gasteiger partial charge in [0, 0.05) is 6.20 Å². The van der Waals surface area contributed by atoms with Crippen LogP contribution in [-0.4, -0.2) is 12.1 Å². The van der Waals surface area contributed by atoms with Gasteiger partial charge in [0.25, 0.3) is 0 Å². The van der Waals surface area contributed by atoms with Crippen LogP contribution in [0.5, 0.6) is 5.75 Å². The lowest BCUT2D eigenvalue weighted by Crippen LogP contribution is -2.13. The van der Waals surface area contributed by atoms with Crippen LogP contribution in [0, 0.1) is 6.92 Å². The number of nitrogens with two attached hydrogens (primary N) is 1. The molecule has 2 rings (SSSR count). The molecule has 88 valence electrons. The van der Waals surface area contributed by atoms with Gasteiger partial charge in [0.2, 0.25) is 0 Å². The lowest BCUT2D eigenvalue weighted by molar-refractivity contribution is 0.412. The van der Waals surface area contributed by atoms with Gasteiger partial charge in [0.1, 0.15) is 5.75 Å². The Morgan fingerprint density at radius 3 is 2.71 bits per heavy atom. The third-order valence-electron chi connectivity index (χ3n) is 2.85. The van der Waals surface area contributed by atoms with Crippen LogP contribution in [0.15, 0.2) is 42.7 Å². The molecule has 0 amide bonds. The van der Waals surface area contributed by atoms with Crippen LogP contribution in [-0.2, 0) is 0 Å². The Bertz CT molecular complexity index is 511. The lowest BCUT2D eigenvalue weighted by atomic mass is 9.97. The first-order valence-electron chi connectivity index (χ1n) is 5.52. The molecule has 0 saturated heterocycles. The third kappa shape index (κ3) is 2.45. The molecular weight excluding hydrogens is 212 g/mol. The van der Waals surface area contributed by atoms with Crippen LogP contribution in [0.25, 0.3) is 0 Å². The number of rotatable bonds is 3. The van der Waals surface area contributed by atoms with E-state index in [9.17, 15) is 0 Å². The van der Waals surface area contributed by atoms with E-state index in [4.69, 9.17) is 10.5 Å². The van der Waals surface area contributed by atoms with Crippen molar-refractivity contribution in [2.75, 3.05) is 7.11 Å². The van der Waals surface area contributed by atoms with Crippen LogP contribution >= 0.6 is 0 Å². The van der Waals surface area contributed by atoms with Gasteiger partial charge >= 0.3 is 0 Å². The molecular formula is C14H16N2O. The SMILES string of the molecule is COc1cncc(C(N)c2ccccc2C)c1. The fourth-order valence-corrected chi connectivity index (χ4v) is 1.83. The van der Waals surface area contributed by atoms with E-state index < -0.39 is 0 Å². The molecule has 0 bridgehead atoms. The maximum atomic E-state index is 6.25.